The maximum absolute atomic E-state index is 13.1. The second-order valence-electron chi connectivity index (χ2n) is 7.38. The first-order valence-electron chi connectivity index (χ1n) is 10.4. The SMILES string of the molecule is CCn1c(SCC(=O)Nc2ccc(-n3nccc3C(F)(F)F)cc2)nnc1-c1ccccc1C. The molecule has 34 heavy (non-hydrogen) atoms. The fourth-order valence-corrected chi connectivity index (χ4v) is 4.24. The monoisotopic (exact) mass is 486 g/mol. The molecule has 0 saturated carbocycles. The molecule has 2 aromatic heterocycles. The minimum Gasteiger partial charge on any atom is -0.325 e. The fraction of sp³-hybridized carbons (Fsp3) is 0.217. The van der Waals surface area contributed by atoms with Crippen molar-refractivity contribution in [1.82, 2.24) is 24.5 Å². The van der Waals surface area contributed by atoms with Crippen molar-refractivity contribution in [2.75, 3.05) is 11.1 Å². The van der Waals surface area contributed by atoms with Gasteiger partial charge in [-0.15, -0.1) is 10.2 Å². The molecule has 11 heteroatoms. The van der Waals surface area contributed by atoms with Crippen molar-refractivity contribution in [2.24, 2.45) is 0 Å². The average molecular weight is 487 g/mol. The Balaban J connectivity index is 1.41. The van der Waals surface area contributed by atoms with Crippen LogP contribution in [0.4, 0.5) is 18.9 Å². The molecule has 0 radical (unpaired) electrons. The van der Waals surface area contributed by atoms with Crippen LogP contribution in [0.3, 0.4) is 0 Å². The van der Waals surface area contributed by atoms with Gasteiger partial charge in [0.05, 0.1) is 17.6 Å². The highest BCUT2D eigenvalue weighted by molar-refractivity contribution is 7.99. The summed E-state index contributed by atoms with van der Waals surface area (Å²) in [6.07, 6.45) is -3.42. The third-order valence-corrected chi connectivity index (χ3v) is 6.05. The lowest BCUT2D eigenvalue weighted by Crippen LogP contribution is -2.15. The molecule has 7 nitrogen and oxygen atoms in total. The number of carbonyl (C=O) groups is 1. The minimum absolute atomic E-state index is 0.102. The predicted octanol–water partition coefficient (Wildman–Crippen LogP) is 5.21. The quantitative estimate of drug-likeness (QED) is 0.363. The Bertz CT molecular complexity index is 1300. The zero-order valence-corrected chi connectivity index (χ0v) is 19.2. The Labute approximate surface area is 198 Å². The number of nitrogens with one attached hydrogen (secondary N) is 1. The first-order valence-corrected chi connectivity index (χ1v) is 11.4. The molecule has 4 rings (SSSR count). The number of hydrogen-bond acceptors (Lipinski definition) is 5. The molecule has 0 atom stereocenters. The van der Waals surface area contributed by atoms with Gasteiger partial charge in [-0.3, -0.25) is 4.79 Å². The zero-order chi connectivity index (χ0) is 24.3. The van der Waals surface area contributed by atoms with Gasteiger partial charge in [-0.2, -0.15) is 18.3 Å². The summed E-state index contributed by atoms with van der Waals surface area (Å²) in [6.45, 7) is 4.64. The number of halogens is 3. The van der Waals surface area contributed by atoms with Crippen molar-refractivity contribution in [3.05, 3.63) is 72.1 Å². The molecule has 176 valence electrons. The second-order valence-corrected chi connectivity index (χ2v) is 8.32. The van der Waals surface area contributed by atoms with E-state index in [2.05, 4.69) is 20.6 Å². The highest BCUT2D eigenvalue weighted by Crippen LogP contribution is 2.31. The van der Waals surface area contributed by atoms with Gasteiger partial charge in [0.25, 0.3) is 0 Å². The molecular formula is C23H21F3N6OS. The summed E-state index contributed by atoms with van der Waals surface area (Å²) >= 11 is 1.26. The Morgan fingerprint density at radius 1 is 1.06 bits per heavy atom. The molecule has 0 fully saturated rings. The molecule has 0 unspecified atom stereocenters. The molecule has 0 bridgehead atoms. The maximum atomic E-state index is 13.1. The number of alkyl halides is 3. The summed E-state index contributed by atoms with van der Waals surface area (Å²) < 4.78 is 42.0. The van der Waals surface area contributed by atoms with Gasteiger partial charge in [0.2, 0.25) is 5.91 Å². The number of aromatic nitrogens is 5. The van der Waals surface area contributed by atoms with Crippen LogP contribution in [-0.4, -0.2) is 36.2 Å². The first-order chi connectivity index (χ1) is 16.3. The number of carbonyl (C=O) groups excluding carboxylic acids is 1. The lowest BCUT2D eigenvalue weighted by Gasteiger charge is -2.11. The van der Waals surface area contributed by atoms with Crippen molar-refractivity contribution >= 4 is 23.4 Å². The Morgan fingerprint density at radius 3 is 2.47 bits per heavy atom. The van der Waals surface area contributed by atoms with E-state index in [9.17, 15) is 18.0 Å². The highest BCUT2D eigenvalue weighted by atomic mass is 32.2. The average Bonchev–Trinajstić information content (AvgIpc) is 3.46. The number of thioether (sulfide) groups is 1. The van der Waals surface area contributed by atoms with Crippen molar-refractivity contribution in [3.63, 3.8) is 0 Å². The van der Waals surface area contributed by atoms with Crippen LogP contribution in [0.15, 0.2) is 66.0 Å². The van der Waals surface area contributed by atoms with Crippen molar-refractivity contribution in [3.8, 4) is 17.1 Å². The summed E-state index contributed by atoms with van der Waals surface area (Å²) in [6, 6.07) is 14.8. The number of benzene rings is 2. The van der Waals surface area contributed by atoms with Gasteiger partial charge < -0.3 is 9.88 Å². The van der Waals surface area contributed by atoms with Gasteiger partial charge in [0, 0.05) is 17.8 Å². The van der Waals surface area contributed by atoms with E-state index < -0.39 is 11.9 Å². The number of nitrogens with zero attached hydrogens (tertiary/aromatic N) is 5. The fourth-order valence-electron chi connectivity index (χ4n) is 3.44. The second kappa shape index (κ2) is 9.72. The van der Waals surface area contributed by atoms with Gasteiger partial charge in [0.1, 0.15) is 5.69 Å². The van der Waals surface area contributed by atoms with Crippen LogP contribution < -0.4 is 5.32 Å². The molecule has 2 heterocycles. The maximum Gasteiger partial charge on any atom is 0.433 e. The summed E-state index contributed by atoms with van der Waals surface area (Å²) in [5, 5.41) is 15.7. The summed E-state index contributed by atoms with van der Waals surface area (Å²) in [4.78, 5) is 12.5. The van der Waals surface area contributed by atoms with E-state index in [1.54, 1.807) is 0 Å². The topological polar surface area (TPSA) is 77.6 Å². The van der Waals surface area contributed by atoms with Crippen molar-refractivity contribution in [2.45, 2.75) is 31.7 Å². The van der Waals surface area contributed by atoms with Crippen LogP contribution in [0.25, 0.3) is 17.1 Å². The van der Waals surface area contributed by atoms with Crippen LogP contribution in [-0.2, 0) is 17.5 Å². The number of hydrogen-bond donors (Lipinski definition) is 1. The van der Waals surface area contributed by atoms with E-state index in [0.29, 0.717) is 17.4 Å². The Kier molecular flexibility index (Phi) is 6.73. The highest BCUT2D eigenvalue weighted by Gasteiger charge is 2.35. The molecule has 0 spiro atoms. The predicted molar refractivity (Wildman–Crippen MR) is 124 cm³/mol. The van der Waals surface area contributed by atoms with Crippen LogP contribution in [0.5, 0.6) is 0 Å². The van der Waals surface area contributed by atoms with Crippen molar-refractivity contribution in [1.29, 1.82) is 0 Å². The largest absolute Gasteiger partial charge is 0.433 e. The molecule has 0 aliphatic heterocycles. The van der Waals surface area contributed by atoms with Crippen LogP contribution in [0.1, 0.15) is 18.2 Å². The van der Waals surface area contributed by atoms with Crippen molar-refractivity contribution < 1.29 is 18.0 Å². The summed E-state index contributed by atoms with van der Waals surface area (Å²) in [7, 11) is 0. The lowest BCUT2D eigenvalue weighted by atomic mass is 10.1. The smallest absolute Gasteiger partial charge is 0.325 e. The lowest BCUT2D eigenvalue weighted by molar-refractivity contribution is -0.142. The van der Waals surface area contributed by atoms with Crippen LogP contribution >= 0.6 is 11.8 Å². The summed E-state index contributed by atoms with van der Waals surface area (Å²) in [5.41, 5.74) is 1.90. The Morgan fingerprint density at radius 2 is 1.79 bits per heavy atom. The third-order valence-electron chi connectivity index (χ3n) is 5.08. The van der Waals surface area contributed by atoms with Gasteiger partial charge in [-0.1, -0.05) is 36.0 Å². The zero-order valence-electron chi connectivity index (χ0n) is 18.4. The Hall–Kier alpha value is -3.60. The minimum atomic E-state index is -4.52. The summed E-state index contributed by atoms with van der Waals surface area (Å²) in [5.74, 6) is 0.581. The van der Waals surface area contributed by atoms with Gasteiger partial charge in [0.15, 0.2) is 11.0 Å². The van der Waals surface area contributed by atoms with Gasteiger partial charge in [-0.05, 0) is 49.7 Å². The number of anilines is 1. The number of rotatable bonds is 7. The molecule has 0 aliphatic rings. The molecular weight excluding hydrogens is 465 g/mol. The first kappa shape index (κ1) is 23.6. The van der Waals surface area contributed by atoms with Crippen LogP contribution in [0, 0.1) is 6.92 Å². The van der Waals surface area contributed by atoms with Crippen LogP contribution in [0.2, 0.25) is 0 Å². The number of aryl methyl sites for hydroxylation is 1. The van der Waals surface area contributed by atoms with Gasteiger partial charge >= 0.3 is 6.18 Å². The van der Waals surface area contributed by atoms with E-state index in [1.165, 1.54) is 36.0 Å². The normalized spacial score (nSPS) is 11.6. The van der Waals surface area contributed by atoms with E-state index in [4.69, 9.17) is 0 Å². The van der Waals surface area contributed by atoms with E-state index >= 15 is 0 Å². The molecule has 1 N–H and O–H groups in total. The number of amides is 1. The molecule has 0 saturated heterocycles. The van der Waals surface area contributed by atoms with E-state index in [0.717, 1.165) is 33.9 Å². The molecule has 2 aromatic carbocycles. The molecule has 1 amide bonds. The van der Waals surface area contributed by atoms with E-state index in [-0.39, 0.29) is 17.3 Å². The molecule has 4 aromatic rings. The third kappa shape index (κ3) is 4.98. The van der Waals surface area contributed by atoms with E-state index in [1.807, 2.05) is 42.7 Å². The standard InChI is InChI=1S/C23H21F3N6OS/c1-3-31-21(18-7-5-4-6-15(18)2)29-30-22(31)34-14-20(33)28-16-8-10-17(11-9-16)32-19(12-13-27-32)23(24,25)26/h4-13H,3,14H2,1-2H3,(H,28,33). The van der Waals surface area contributed by atoms with Gasteiger partial charge in [-0.25, -0.2) is 4.68 Å². The molecule has 0 aliphatic carbocycles.